The standard InChI is InChI=1S/C17H20O3/c1-5-7-14-10-13(9-12(3)17(19)20-4)11-15(8-6-2)16(14)18/h5-6,10-11,18H,1-3,7-9H2,4H3. The summed E-state index contributed by atoms with van der Waals surface area (Å²) in [6.07, 6.45) is 4.97. The van der Waals surface area contributed by atoms with E-state index >= 15 is 0 Å². The average Bonchev–Trinajstić information content (AvgIpc) is 2.43. The Balaban J connectivity index is 3.12. The van der Waals surface area contributed by atoms with E-state index in [0.29, 0.717) is 24.8 Å². The van der Waals surface area contributed by atoms with Crippen molar-refractivity contribution in [2.24, 2.45) is 0 Å². The van der Waals surface area contributed by atoms with E-state index in [0.717, 1.165) is 16.7 Å². The van der Waals surface area contributed by atoms with Crippen molar-refractivity contribution in [2.45, 2.75) is 19.3 Å². The quantitative estimate of drug-likeness (QED) is 0.471. The van der Waals surface area contributed by atoms with E-state index in [1.54, 1.807) is 12.2 Å². The van der Waals surface area contributed by atoms with Crippen LogP contribution in [0.4, 0.5) is 0 Å². The fourth-order valence-corrected chi connectivity index (χ4v) is 2.02. The lowest BCUT2D eigenvalue weighted by Crippen LogP contribution is -2.06. The molecule has 1 N–H and O–H groups in total. The number of hydrogen-bond donors (Lipinski definition) is 1. The van der Waals surface area contributed by atoms with Crippen molar-refractivity contribution in [2.75, 3.05) is 7.11 Å². The molecule has 0 radical (unpaired) electrons. The molecule has 0 aromatic heterocycles. The van der Waals surface area contributed by atoms with Crippen molar-refractivity contribution in [1.29, 1.82) is 0 Å². The van der Waals surface area contributed by atoms with Crippen LogP contribution in [0, 0.1) is 0 Å². The number of allylic oxidation sites excluding steroid dienone is 2. The molecule has 106 valence electrons. The van der Waals surface area contributed by atoms with E-state index < -0.39 is 5.97 Å². The maximum Gasteiger partial charge on any atom is 0.333 e. The summed E-state index contributed by atoms with van der Waals surface area (Å²) in [6.45, 7) is 11.1. The number of carbonyl (C=O) groups excluding carboxylic acids is 1. The van der Waals surface area contributed by atoms with Crippen molar-refractivity contribution in [3.05, 3.63) is 66.3 Å². The molecule has 0 atom stereocenters. The Labute approximate surface area is 119 Å². The number of aromatic hydroxyl groups is 1. The Morgan fingerprint density at radius 3 is 2.15 bits per heavy atom. The second kappa shape index (κ2) is 7.34. The number of carbonyl (C=O) groups is 1. The molecule has 0 saturated heterocycles. The number of phenols is 1. The molecule has 0 heterocycles. The summed E-state index contributed by atoms with van der Waals surface area (Å²) < 4.78 is 4.64. The lowest BCUT2D eigenvalue weighted by Gasteiger charge is -2.12. The zero-order valence-electron chi connectivity index (χ0n) is 11.8. The second-order valence-corrected chi connectivity index (χ2v) is 4.52. The predicted octanol–water partition coefficient (Wildman–Crippen LogP) is 3.12. The molecule has 1 rings (SSSR count). The van der Waals surface area contributed by atoms with E-state index in [1.165, 1.54) is 7.11 Å². The fourth-order valence-electron chi connectivity index (χ4n) is 2.02. The summed E-state index contributed by atoms with van der Waals surface area (Å²) in [6, 6.07) is 3.72. The van der Waals surface area contributed by atoms with Crippen LogP contribution in [0.5, 0.6) is 5.75 Å². The van der Waals surface area contributed by atoms with Gasteiger partial charge in [0.15, 0.2) is 0 Å². The third-order valence-corrected chi connectivity index (χ3v) is 2.95. The molecular formula is C17H20O3. The molecule has 1 aromatic carbocycles. The molecule has 3 nitrogen and oxygen atoms in total. The molecule has 3 heteroatoms. The van der Waals surface area contributed by atoms with E-state index in [4.69, 9.17) is 0 Å². The molecule has 0 amide bonds. The molecule has 0 bridgehead atoms. The molecule has 0 unspecified atom stereocenters. The first-order chi connectivity index (χ1) is 9.53. The van der Waals surface area contributed by atoms with E-state index in [1.807, 2.05) is 12.1 Å². The summed E-state index contributed by atoms with van der Waals surface area (Å²) in [4.78, 5) is 11.4. The molecule has 0 fully saturated rings. The van der Waals surface area contributed by atoms with Gasteiger partial charge >= 0.3 is 5.97 Å². The third kappa shape index (κ3) is 3.85. The normalized spacial score (nSPS) is 9.85. The Hall–Kier alpha value is -2.29. The number of ether oxygens (including phenoxy) is 1. The van der Waals surface area contributed by atoms with Crippen LogP contribution in [-0.2, 0) is 28.8 Å². The van der Waals surface area contributed by atoms with Gasteiger partial charge in [0.25, 0.3) is 0 Å². The molecule has 0 aliphatic heterocycles. The summed E-state index contributed by atoms with van der Waals surface area (Å²) in [5.74, 6) is -0.161. The van der Waals surface area contributed by atoms with Crippen molar-refractivity contribution >= 4 is 5.97 Å². The first kappa shape index (κ1) is 15.8. The van der Waals surface area contributed by atoms with Crippen LogP contribution in [0.3, 0.4) is 0 Å². The monoisotopic (exact) mass is 272 g/mol. The zero-order valence-corrected chi connectivity index (χ0v) is 11.8. The van der Waals surface area contributed by atoms with Gasteiger partial charge < -0.3 is 9.84 Å². The van der Waals surface area contributed by atoms with Gasteiger partial charge in [-0.3, -0.25) is 0 Å². The van der Waals surface area contributed by atoms with Crippen LogP contribution in [0.2, 0.25) is 0 Å². The lowest BCUT2D eigenvalue weighted by atomic mass is 9.96. The molecule has 0 spiro atoms. The number of hydrogen-bond acceptors (Lipinski definition) is 3. The lowest BCUT2D eigenvalue weighted by molar-refractivity contribution is -0.136. The van der Waals surface area contributed by atoms with Gasteiger partial charge in [0.2, 0.25) is 0 Å². The first-order valence-corrected chi connectivity index (χ1v) is 6.35. The van der Waals surface area contributed by atoms with Crippen molar-refractivity contribution in [3.63, 3.8) is 0 Å². The van der Waals surface area contributed by atoms with Gasteiger partial charge in [-0.25, -0.2) is 4.79 Å². The van der Waals surface area contributed by atoms with Crippen LogP contribution in [-0.4, -0.2) is 18.2 Å². The Morgan fingerprint density at radius 2 is 1.75 bits per heavy atom. The third-order valence-electron chi connectivity index (χ3n) is 2.95. The van der Waals surface area contributed by atoms with Gasteiger partial charge in [-0.2, -0.15) is 0 Å². The number of benzene rings is 1. The number of phenolic OH excluding ortho intramolecular Hbond substituents is 1. The number of esters is 1. The summed E-state index contributed by atoms with van der Waals surface area (Å²) in [5, 5.41) is 10.2. The summed E-state index contributed by atoms with van der Waals surface area (Å²) >= 11 is 0. The average molecular weight is 272 g/mol. The van der Waals surface area contributed by atoms with Crippen LogP contribution < -0.4 is 0 Å². The van der Waals surface area contributed by atoms with E-state index in [2.05, 4.69) is 24.5 Å². The molecule has 20 heavy (non-hydrogen) atoms. The smallest absolute Gasteiger partial charge is 0.333 e. The Kier molecular flexibility index (Phi) is 5.78. The van der Waals surface area contributed by atoms with Crippen LogP contribution >= 0.6 is 0 Å². The maximum atomic E-state index is 11.4. The minimum Gasteiger partial charge on any atom is -0.507 e. The molecule has 0 saturated carbocycles. The van der Waals surface area contributed by atoms with Crippen LogP contribution in [0.1, 0.15) is 16.7 Å². The van der Waals surface area contributed by atoms with E-state index in [9.17, 15) is 9.90 Å². The van der Waals surface area contributed by atoms with Crippen LogP contribution in [0.25, 0.3) is 0 Å². The molecule has 1 aromatic rings. The van der Waals surface area contributed by atoms with Gasteiger partial charge in [-0.1, -0.05) is 30.9 Å². The highest BCUT2D eigenvalue weighted by molar-refractivity contribution is 5.88. The minimum atomic E-state index is -0.423. The van der Waals surface area contributed by atoms with Gasteiger partial charge in [-0.05, 0) is 29.5 Å². The first-order valence-electron chi connectivity index (χ1n) is 6.35. The molecule has 0 aliphatic rings. The van der Waals surface area contributed by atoms with Gasteiger partial charge in [0.1, 0.15) is 5.75 Å². The zero-order chi connectivity index (χ0) is 15.1. The van der Waals surface area contributed by atoms with Crippen molar-refractivity contribution < 1.29 is 14.6 Å². The Bertz CT molecular complexity index is 510. The predicted molar refractivity (Wildman–Crippen MR) is 80.8 cm³/mol. The van der Waals surface area contributed by atoms with Crippen molar-refractivity contribution in [3.8, 4) is 5.75 Å². The number of methoxy groups -OCH3 is 1. The fraction of sp³-hybridized carbons (Fsp3) is 0.235. The maximum absolute atomic E-state index is 11.4. The summed E-state index contributed by atoms with van der Waals surface area (Å²) in [7, 11) is 1.33. The highest BCUT2D eigenvalue weighted by Gasteiger charge is 2.12. The topological polar surface area (TPSA) is 46.5 Å². The molecular weight excluding hydrogens is 252 g/mol. The van der Waals surface area contributed by atoms with Crippen molar-refractivity contribution in [1.82, 2.24) is 0 Å². The number of rotatable bonds is 7. The van der Waals surface area contributed by atoms with Gasteiger partial charge in [0, 0.05) is 12.0 Å². The van der Waals surface area contributed by atoms with Crippen LogP contribution in [0.15, 0.2) is 49.6 Å². The second-order valence-electron chi connectivity index (χ2n) is 4.52. The van der Waals surface area contributed by atoms with E-state index in [-0.39, 0.29) is 5.75 Å². The highest BCUT2D eigenvalue weighted by Crippen LogP contribution is 2.27. The van der Waals surface area contributed by atoms with Gasteiger partial charge in [-0.15, -0.1) is 13.2 Å². The highest BCUT2D eigenvalue weighted by atomic mass is 16.5. The molecule has 0 aliphatic carbocycles. The Morgan fingerprint density at radius 1 is 1.25 bits per heavy atom. The van der Waals surface area contributed by atoms with Gasteiger partial charge in [0.05, 0.1) is 7.11 Å². The summed E-state index contributed by atoms with van der Waals surface area (Å²) in [5.41, 5.74) is 2.86. The minimum absolute atomic E-state index is 0.261. The SMILES string of the molecule is C=CCc1cc(CC(=C)C(=O)OC)cc(CC=C)c1O. The largest absolute Gasteiger partial charge is 0.507 e.